The minimum atomic E-state index is -0.130. The van der Waals surface area contributed by atoms with Gasteiger partial charge < -0.3 is 9.64 Å². The predicted molar refractivity (Wildman–Crippen MR) is 97.6 cm³/mol. The molecule has 0 N–H and O–H groups in total. The third-order valence-electron chi connectivity index (χ3n) is 6.13. The van der Waals surface area contributed by atoms with E-state index in [-0.39, 0.29) is 11.8 Å². The number of carbonyl (C=O) groups excluding carboxylic acids is 1. The minimum Gasteiger partial charge on any atom is -0.379 e. The van der Waals surface area contributed by atoms with Crippen LogP contribution in [0.3, 0.4) is 0 Å². The SMILES string of the molecule is CC[C@@H]1CN(C(=O)[C@@H](C)c2c(C)nn(C)c2C)C[C@@H]1N1CCOCC1. The molecule has 2 aliphatic heterocycles. The molecule has 0 spiro atoms. The van der Waals surface area contributed by atoms with Crippen molar-refractivity contribution in [1.29, 1.82) is 0 Å². The molecule has 25 heavy (non-hydrogen) atoms. The maximum absolute atomic E-state index is 13.2. The smallest absolute Gasteiger partial charge is 0.230 e. The Bertz CT molecular complexity index is 621. The van der Waals surface area contributed by atoms with Crippen LogP contribution in [0.4, 0.5) is 0 Å². The second-order valence-corrected chi connectivity index (χ2v) is 7.56. The lowest BCUT2D eigenvalue weighted by Crippen LogP contribution is -2.47. The number of hydrogen-bond acceptors (Lipinski definition) is 4. The van der Waals surface area contributed by atoms with E-state index >= 15 is 0 Å². The second kappa shape index (κ2) is 7.46. The Morgan fingerprint density at radius 3 is 2.52 bits per heavy atom. The van der Waals surface area contributed by atoms with Crippen LogP contribution in [0.2, 0.25) is 0 Å². The number of amides is 1. The minimum absolute atomic E-state index is 0.130. The molecule has 1 aromatic rings. The third-order valence-corrected chi connectivity index (χ3v) is 6.13. The summed E-state index contributed by atoms with van der Waals surface area (Å²) in [5, 5.41) is 4.48. The van der Waals surface area contributed by atoms with Crippen molar-refractivity contribution in [2.45, 2.75) is 46.1 Å². The van der Waals surface area contributed by atoms with Gasteiger partial charge in [-0.2, -0.15) is 5.10 Å². The Balaban J connectivity index is 1.73. The van der Waals surface area contributed by atoms with Crippen molar-refractivity contribution in [3.63, 3.8) is 0 Å². The summed E-state index contributed by atoms with van der Waals surface area (Å²) in [4.78, 5) is 17.8. The molecule has 0 unspecified atom stereocenters. The van der Waals surface area contributed by atoms with Crippen LogP contribution in [0.25, 0.3) is 0 Å². The second-order valence-electron chi connectivity index (χ2n) is 7.56. The summed E-state index contributed by atoms with van der Waals surface area (Å²) in [6.45, 7) is 13.6. The lowest BCUT2D eigenvalue weighted by atomic mass is 9.97. The predicted octanol–water partition coefficient (Wildman–Crippen LogP) is 1.71. The summed E-state index contributed by atoms with van der Waals surface area (Å²) >= 11 is 0. The average molecular weight is 348 g/mol. The molecular weight excluding hydrogens is 316 g/mol. The Kier molecular flexibility index (Phi) is 5.49. The lowest BCUT2D eigenvalue weighted by Gasteiger charge is -2.34. The zero-order valence-corrected chi connectivity index (χ0v) is 16.3. The van der Waals surface area contributed by atoms with Crippen molar-refractivity contribution >= 4 is 5.91 Å². The fraction of sp³-hybridized carbons (Fsp3) is 0.789. The van der Waals surface area contributed by atoms with Crippen molar-refractivity contribution in [3.05, 3.63) is 17.0 Å². The molecule has 2 saturated heterocycles. The molecule has 3 atom stereocenters. The van der Waals surface area contributed by atoms with Crippen molar-refractivity contribution in [2.75, 3.05) is 39.4 Å². The molecule has 6 nitrogen and oxygen atoms in total. The van der Waals surface area contributed by atoms with Gasteiger partial charge in [-0.05, 0) is 26.7 Å². The number of hydrogen-bond donors (Lipinski definition) is 0. The molecule has 6 heteroatoms. The van der Waals surface area contributed by atoms with Gasteiger partial charge in [0.2, 0.25) is 5.91 Å². The number of carbonyl (C=O) groups is 1. The molecule has 0 saturated carbocycles. The van der Waals surface area contributed by atoms with Gasteiger partial charge in [-0.1, -0.05) is 13.3 Å². The summed E-state index contributed by atoms with van der Waals surface area (Å²) in [5.41, 5.74) is 3.15. The number of aryl methyl sites for hydroxylation is 2. The summed E-state index contributed by atoms with van der Waals surface area (Å²) in [6, 6.07) is 0.473. The largest absolute Gasteiger partial charge is 0.379 e. The van der Waals surface area contributed by atoms with E-state index in [9.17, 15) is 4.79 Å². The van der Waals surface area contributed by atoms with Gasteiger partial charge >= 0.3 is 0 Å². The highest BCUT2D eigenvalue weighted by molar-refractivity contribution is 5.84. The number of likely N-dealkylation sites (tertiary alicyclic amines) is 1. The summed E-state index contributed by atoms with van der Waals surface area (Å²) < 4.78 is 7.37. The molecule has 0 radical (unpaired) electrons. The number of aromatic nitrogens is 2. The van der Waals surface area contributed by atoms with Crippen LogP contribution < -0.4 is 0 Å². The quantitative estimate of drug-likeness (QED) is 0.831. The molecule has 0 bridgehead atoms. The fourth-order valence-electron chi connectivity index (χ4n) is 4.57. The van der Waals surface area contributed by atoms with E-state index in [4.69, 9.17) is 4.74 Å². The van der Waals surface area contributed by atoms with Gasteiger partial charge in [0.1, 0.15) is 0 Å². The van der Waals surface area contributed by atoms with Crippen LogP contribution >= 0.6 is 0 Å². The first-order valence-electron chi connectivity index (χ1n) is 9.54. The van der Waals surface area contributed by atoms with Gasteiger partial charge in [0.05, 0.1) is 24.8 Å². The van der Waals surface area contributed by atoms with Gasteiger partial charge in [-0.3, -0.25) is 14.4 Å². The molecule has 0 aromatic carbocycles. The Morgan fingerprint density at radius 1 is 1.28 bits per heavy atom. The molecule has 1 aromatic heterocycles. The average Bonchev–Trinajstić information content (AvgIpc) is 3.15. The van der Waals surface area contributed by atoms with Crippen LogP contribution in [0.15, 0.2) is 0 Å². The number of rotatable bonds is 4. The van der Waals surface area contributed by atoms with E-state index in [1.807, 2.05) is 25.6 Å². The van der Waals surface area contributed by atoms with Crippen LogP contribution in [-0.2, 0) is 16.6 Å². The molecule has 2 fully saturated rings. The van der Waals surface area contributed by atoms with Crippen LogP contribution in [0.5, 0.6) is 0 Å². The monoisotopic (exact) mass is 348 g/mol. The summed E-state index contributed by atoms with van der Waals surface area (Å²) in [6.07, 6.45) is 1.12. The third kappa shape index (κ3) is 3.47. The van der Waals surface area contributed by atoms with E-state index in [0.29, 0.717) is 12.0 Å². The zero-order valence-electron chi connectivity index (χ0n) is 16.3. The van der Waals surface area contributed by atoms with Gasteiger partial charge in [0, 0.05) is 50.5 Å². The van der Waals surface area contributed by atoms with E-state index in [2.05, 4.69) is 28.7 Å². The van der Waals surface area contributed by atoms with E-state index in [1.165, 1.54) is 0 Å². The Hall–Kier alpha value is -1.40. The zero-order chi connectivity index (χ0) is 18.1. The first-order valence-corrected chi connectivity index (χ1v) is 9.54. The van der Waals surface area contributed by atoms with E-state index in [1.54, 1.807) is 0 Å². The summed E-state index contributed by atoms with van der Waals surface area (Å²) in [7, 11) is 1.94. The van der Waals surface area contributed by atoms with Crippen molar-refractivity contribution in [1.82, 2.24) is 19.6 Å². The van der Waals surface area contributed by atoms with Gasteiger partial charge in [-0.15, -0.1) is 0 Å². The van der Waals surface area contributed by atoms with Gasteiger partial charge in [0.25, 0.3) is 0 Å². The molecule has 140 valence electrons. The highest BCUT2D eigenvalue weighted by Gasteiger charge is 2.39. The molecule has 1 amide bonds. The fourth-order valence-corrected chi connectivity index (χ4v) is 4.57. The highest BCUT2D eigenvalue weighted by atomic mass is 16.5. The summed E-state index contributed by atoms with van der Waals surface area (Å²) in [5.74, 6) is 0.674. The van der Waals surface area contributed by atoms with E-state index in [0.717, 1.165) is 62.8 Å². The van der Waals surface area contributed by atoms with E-state index < -0.39 is 0 Å². The van der Waals surface area contributed by atoms with Crippen LogP contribution in [0, 0.1) is 19.8 Å². The molecule has 0 aliphatic carbocycles. The Morgan fingerprint density at radius 2 is 1.96 bits per heavy atom. The maximum Gasteiger partial charge on any atom is 0.230 e. The number of nitrogens with zero attached hydrogens (tertiary/aromatic N) is 4. The number of ether oxygens (including phenoxy) is 1. The lowest BCUT2D eigenvalue weighted by molar-refractivity contribution is -0.131. The van der Waals surface area contributed by atoms with Crippen LogP contribution in [0.1, 0.15) is 43.1 Å². The topological polar surface area (TPSA) is 50.6 Å². The first kappa shape index (κ1) is 18.4. The normalized spacial score (nSPS) is 26.2. The van der Waals surface area contributed by atoms with Gasteiger partial charge in [-0.25, -0.2) is 0 Å². The van der Waals surface area contributed by atoms with Crippen molar-refractivity contribution < 1.29 is 9.53 Å². The molecular formula is C19H32N4O2. The van der Waals surface area contributed by atoms with Crippen LogP contribution in [-0.4, -0.2) is 70.9 Å². The molecule has 3 heterocycles. The van der Waals surface area contributed by atoms with Crippen molar-refractivity contribution in [2.24, 2.45) is 13.0 Å². The highest BCUT2D eigenvalue weighted by Crippen LogP contribution is 2.30. The van der Waals surface area contributed by atoms with Gasteiger partial charge in [0.15, 0.2) is 0 Å². The first-order chi connectivity index (χ1) is 11.9. The van der Waals surface area contributed by atoms with Crippen molar-refractivity contribution in [3.8, 4) is 0 Å². The standard InChI is InChI=1S/C19H32N4O2/c1-6-16-11-23(12-17(16)22-7-9-25-10-8-22)19(24)13(2)18-14(3)20-21(5)15(18)4/h13,16-17H,6-12H2,1-5H3/t13-,16+,17-/m0/s1. The maximum atomic E-state index is 13.2. The molecule has 3 rings (SSSR count). The number of morpholine rings is 1. The Labute approximate surface area is 151 Å². The molecule has 2 aliphatic rings.